The second-order valence-corrected chi connectivity index (χ2v) is 7.44. The number of nitrogens with zero attached hydrogens (tertiary/aromatic N) is 4. The molecule has 2 saturated heterocycles. The molecule has 2 fully saturated rings. The van der Waals surface area contributed by atoms with Crippen molar-refractivity contribution in [3.8, 4) is 0 Å². The molecule has 160 valence electrons. The largest absolute Gasteiger partial charge is 0.459 e. The van der Waals surface area contributed by atoms with Gasteiger partial charge in [-0.3, -0.25) is 19.5 Å². The van der Waals surface area contributed by atoms with Gasteiger partial charge in [0.25, 0.3) is 5.91 Å². The van der Waals surface area contributed by atoms with E-state index >= 15 is 0 Å². The highest BCUT2D eigenvalue weighted by atomic mass is 16.3. The molecule has 29 heavy (non-hydrogen) atoms. The van der Waals surface area contributed by atoms with Crippen molar-refractivity contribution in [2.75, 3.05) is 59.4 Å². The van der Waals surface area contributed by atoms with Crippen molar-refractivity contribution < 1.29 is 14.0 Å². The standard InChI is InChI=1S/C20H32N6O3/c1-16(19(28)25-9-3-4-10-25)24-11-13-26(14-12-24)20(21-2)23-8-7-22-18(27)17-6-5-15-29-17/h5-6,15-16H,3-4,7-14H2,1-2H3,(H,21,23)(H,22,27). The maximum absolute atomic E-state index is 12.6. The zero-order valence-corrected chi connectivity index (χ0v) is 17.4. The lowest BCUT2D eigenvalue weighted by atomic mass is 10.2. The van der Waals surface area contributed by atoms with E-state index in [2.05, 4.69) is 25.4 Å². The van der Waals surface area contributed by atoms with Crippen LogP contribution in [-0.2, 0) is 4.79 Å². The molecule has 2 aliphatic heterocycles. The van der Waals surface area contributed by atoms with Crippen LogP contribution in [0.2, 0.25) is 0 Å². The smallest absolute Gasteiger partial charge is 0.287 e. The van der Waals surface area contributed by atoms with Crippen LogP contribution in [0.1, 0.15) is 30.3 Å². The van der Waals surface area contributed by atoms with E-state index in [9.17, 15) is 9.59 Å². The summed E-state index contributed by atoms with van der Waals surface area (Å²) in [5.41, 5.74) is 0. The summed E-state index contributed by atoms with van der Waals surface area (Å²) in [6.07, 6.45) is 3.72. The lowest BCUT2D eigenvalue weighted by Gasteiger charge is -2.39. The summed E-state index contributed by atoms with van der Waals surface area (Å²) in [5, 5.41) is 6.10. The molecule has 0 aromatic carbocycles. The summed E-state index contributed by atoms with van der Waals surface area (Å²) in [6, 6.07) is 3.26. The highest BCUT2D eigenvalue weighted by Crippen LogP contribution is 2.14. The lowest BCUT2D eigenvalue weighted by Crippen LogP contribution is -2.57. The second-order valence-electron chi connectivity index (χ2n) is 7.44. The molecule has 0 saturated carbocycles. The van der Waals surface area contributed by atoms with Gasteiger partial charge in [-0.05, 0) is 31.9 Å². The van der Waals surface area contributed by atoms with Crippen molar-refractivity contribution in [1.29, 1.82) is 0 Å². The fourth-order valence-corrected chi connectivity index (χ4v) is 3.86. The Kier molecular flexibility index (Phi) is 7.51. The van der Waals surface area contributed by atoms with E-state index in [-0.39, 0.29) is 17.9 Å². The number of furan rings is 1. The molecule has 1 unspecified atom stereocenters. The summed E-state index contributed by atoms with van der Waals surface area (Å²) in [7, 11) is 1.76. The van der Waals surface area contributed by atoms with Gasteiger partial charge in [-0.15, -0.1) is 0 Å². The van der Waals surface area contributed by atoms with Crippen LogP contribution >= 0.6 is 0 Å². The number of hydrogen-bond donors (Lipinski definition) is 2. The van der Waals surface area contributed by atoms with Crippen LogP contribution < -0.4 is 10.6 Å². The van der Waals surface area contributed by atoms with E-state index in [1.165, 1.54) is 6.26 Å². The van der Waals surface area contributed by atoms with E-state index in [0.717, 1.165) is 58.1 Å². The quantitative estimate of drug-likeness (QED) is 0.400. The van der Waals surface area contributed by atoms with Gasteiger partial charge >= 0.3 is 0 Å². The summed E-state index contributed by atoms with van der Waals surface area (Å²) in [5.74, 6) is 1.15. The number of carbonyl (C=O) groups is 2. The van der Waals surface area contributed by atoms with Crippen LogP contribution in [0, 0.1) is 0 Å². The van der Waals surface area contributed by atoms with Crippen molar-refractivity contribution in [3.63, 3.8) is 0 Å². The molecule has 1 aromatic rings. The van der Waals surface area contributed by atoms with Gasteiger partial charge in [0.05, 0.1) is 12.3 Å². The number of carbonyl (C=O) groups excluding carboxylic acids is 2. The van der Waals surface area contributed by atoms with E-state index < -0.39 is 0 Å². The molecule has 2 amide bonds. The van der Waals surface area contributed by atoms with Crippen LogP contribution in [0.15, 0.2) is 27.8 Å². The zero-order valence-electron chi connectivity index (χ0n) is 17.4. The van der Waals surface area contributed by atoms with Crippen molar-refractivity contribution in [2.45, 2.75) is 25.8 Å². The Morgan fingerprint density at radius 1 is 1.07 bits per heavy atom. The van der Waals surface area contributed by atoms with Crippen LogP contribution in [-0.4, -0.2) is 97.9 Å². The van der Waals surface area contributed by atoms with Gasteiger partial charge in [0, 0.05) is 59.4 Å². The molecule has 9 nitrogen and oxygen atoms in total. The van der Waals surface area contributed by atoms with Crippen molar-refractivity contribution >= 4 is 17.8 Å². The lowest BCUT2D eigenvalue weighted by molar-refractivity contribution is -0.135. The first-order chi connectivity index (χ1) is 14.1. The first-order valence-electron chi connectivity index (χ1n) is 10.4. The van der Waals surface area contributed by atoms with E-state index in [1.54, 1.807) is 19.2 Å². The minimum atomic E-state index is -0.225. The summed E-state index contributed by atoms with van der Waals surface area (Å²) < 4.78 is 5.07. The van der Waals surface area contributed by atoms with E-state index in [4.69, 9.17) is 4.42 Å². The Morgan fingerprint density at radius 3 is 2.38 bits per heavy atom. The molecule has 1 aromatic heterocycles. The van der Waals surface area contributed by atoms with Gasteiger partial charge in [0.1, 0.15) is 0 Å². The monoisotopic (exact) mass is 404 g/mol. The number of nitrogens with one attached hydrogen (secondary N) is 2. The average Bonchev–Trinajstić information content (AvgIpc) is 3.47. The Hall–Kier alpha value is -2.55. The van der Waals surface area contributed by atoms with Gasteiger partial charge in [0.2, 0.25) is 5.91 Å². The fraction of sp³-hybridized carbons (Fsp3) is 0.650. The summed E-state index contributed by atoms with van der Waals surface area (Å²) >= 11 is 0. The predicted molar refractivity (Wildman–Crippen MR) is 111 cm³/mol. The third-order valence-corrected chi connectivity index (χ3v) is 5.59. The number of hydrogen-bond acceptors (Lipinski definition) is 5. The number of rotatable bonds is 6. The summed E-state index contributed by atoms with van der Waals surface area (Å²) in [6.45, 7) is 8.15. The molecular formula is C20H32N6O3. The van der Waals surface area contributed by atoms with Crippen LogP contribution in [0.4, 0.5) is 0 Å². The molecule has 0 aliphatic carbocycles. The first-order valence-corrected chi connectivity index (χ1v) is 10.4. The van der Waals surface area contributed by atoms with E-state index in [0.29, 0.717) is 18.8 Å². The normalized spacial score (nSPS) is 19.3. The molecular weight excluding hydrogens is 372 g/mol. The Labute approximate surface area is 172 Å². The second kappa shape index (κ2) is 10.3. The minimum Gasteiger partial charge on any atom is -0.459 e. The van der Waals surface area contributed by atoms with Gasteiger partial charge in [-0.2, -0.15) is 0 Å². The van der Waals surface area contributed by atoms with E-state index in [1.807, 2.05) is 11.8 Å². The molecule has 1 atom stereocenters. The summed E-state index contributed by atoms with van der Waals surface area (Å²) in [4.78, 5) is 35.3. The highest BCUT2D eigenvalue weighted by molar-refractivity contribution is 5.91. The Balaban J connectivity index is 1.38. The number of guanidine groups is 1. The Bertz CT molecular complexity index is 691. The van der Waals surface area contributed by atoms with Crippen LogP contribution in [0.3, 0.4) is 0 Å². The molecule has 9 heteroatoms. The van der Waals surface area contributed by atoms with Crippen LogP contribution in [0.5, 0.6) is 0 Å². The molecule has 3 heterocycles. The topological polar surface area (TPSA) is 93.4 Å². The molecule has 2 aliphatic rings. The number of aliphatic imine (C=N–C) groups is 1. The predicted octanol–water partition coefficient (Wildman–Crippen LogP) is 0.213. The van der Waals surface area contributed by atoms with Gasteiger partial charge in [-0.25, -0.2) is 0 Å². The third-order valence-electron chi connectivity index (χ3n) is 5.59. The molecule has 3 rings (SSSR count). The minimum absolute atomic E-state index is 0.0676. The van der Waals surface area contributed by atoms with Crippen molar-refractivity contribution in [2.24, 2.45) is 4.99 Å². The van der Waals surface area contributed by atoms with Crippen molar-refractivity contribution in [1.82, 2.24) is 25.3 Å². The number of piperazine rings is 1. The Morgan fingerprint density at radius 2 is 1.76 bits per heavy atom. The number of amides is 2. The molecule has 0 bridgehead atoms. The van der Waals surface area contributed by atoms with Gasteiger partial charge in [-0.1, -0.05) is 0 Å². The van der Waals surface area contributed by atoms with Gasteiger partial charge < -0.3 is 24.9 Å². The highest BCUT2D eigenvalue weighted by Gasteiger charge is 2.30. The van der Waals surface area contributed by atoms with Crippen molar-refractivity contribution in [3.05, 3.63) is 24.2 Å². The molecule has 0 radical (unpaired) electrons. The first kappa shape index (κ1) is 21.2. The maximum atomic E-state index is 12.6. The van der Waals surface area contributed by atoms with Crippen LogP contribution in [0.25, 0.3) is 0 Å². The zero-order chi connectivity index (χ0) is 20.6. The average molecular weight is 405 g/mol. The SMILES string of the molecule is CN=C(NCCNC(=O)c1ccco1)N1CCN(C(C)C(=O)N2CCCC2)CC1. The molecule has 0 spiro atoms. The fourth-order valence-electron chi connectivity index (χ4n) is 3.86. The molecule has 2 N–H and O–H groups in total. The number of likely N-dealkylation sites (tertiary alicyclic amines) is 1. The maximum Gasteiger partial charge on any atom is 0.287 e. The van der Waals surface area contributed by atoms with Gasteiger partial charge in [0.15, 0.2) is 11.7 Å². The third kappa shape index (κ3) is 5.50.